The van der Waals surface area contributed by atoms with Crippen LogP contribution in [0, 0.1) is 6.92 Å². The van der Waals surface area contributed by atoms with E-state index in [1.807, 2.05) is 27.7 Å². The minimum absolute atomic E-state index is 0.434. The molecule has 0 aliphatic rings. The molecule has 79 heavy (non-hydrogen) atoms. The summed E-state index contributed by atoms with van der Waals surface area (Å²) in [6.45, 7) is 20.2. The Kier molecular flexibility index (Phi) is 27.9. The van der Waals surface area contributed by atoms with Crippen LogP contribution in [-0.4, -0.2) is 203 Å². The third-order valence-corrected chi connectivity index (χ3v) is 13.7. The highest BCUT2D eigenvalue weighted by molar-refractivity contribution is 8.00. The maximum absolute atomic E-state index is 5.66. The molecule has 13 N–H and O–H groups in total. The van der Waals surface area contributed by atoms with Gasteiger partial charge in [0.1, 0.15) is 5.82 Å². The summed E-state index contributed by atoms with van der Waals surface area (Å²) in [6, 6.07) is 0. The molecule has 6 aromatic heterocycles. The van der Waals surface area contributed by atoms with Crippen LogP contribution in [0.4, 0.5) is 65.4 Å². The van der Waals surface area contributed by atoms with Crippen LogP contribution in [0.15, 0.2) is 30.9 Å². The Labute approximate surface area is 485 Å². The maximum Gasteiger partial charge on any atom is 0.228 e. The van der Waals surface area contributed by atoms with E-state index >= 15 is 0 Å². The van der Waals surface area contributed by atoms with Gasteiger partial charge < -0.3 is 64.2 Å². The van der Waals surface area contributed by atoms with E-state index in [2.05, 4.69) is 169 Å². The van der Waals surface area contributed by atoms with Gasteiger partial charge in [0.25, 0.3) is 0 Å². The molecule has 0 radical (unpaired) electrons. The number of nitrogens with one attached hydrogen (secondary N) is 11. The maximum atomic E-state index is 5.66. The number of anilines is 11. The molecular formula is C43H70N30S6. The number of rotatable bonds is 40. The number of nitrogens with zero attached hydrogens (tertiary/aromatic N) is 18. The molecule has 0 amide bonds. The van der Waals surface area contributed by atoms with Gasteiger partial charge in [-0.25, -0.2) is 4.98 Å². The molecule has 0 unspecified atom stereocenters. The standard InChI is InChI=1S/C43H70N30S6/c1-8-74-38-57-26(7)56-27(63-38)46-16-17-47-30-59-31(67-40(66-30)76-10-3)50-20-21-51-34-61-35(71-42(70-34)78-12-5)54-24-25-55-37-62-36(72-43(73-37)79-13-6)53-23-22-52-33-60-32(68-41(69-33)77-11-4)49-19-18-48-29-58-28(45-15-14-44)64-39(65-29)75-9-2/h8-25,44H2,1-7H3,(H,46,56,57,63)(H2,45,48,58,64,65)(H2,47,50,59,66,67)(H2,49,52,60,68,69)(H2,51,54,61,70,71)(H2,53,55,62,72,73). The molecule has 0 saturated heterocycles. The zero-order chi connectivity index (χ0) is 55.9. The largest absolute Gasteiger partial charge is 0.353 e. The molecule has 6 aromatic rings. The van der Waals surface area contributed by atoms with Gasteiger partial charge in [-0.05, 0) is 41.4 Å². The molecular weight excluding hydrogens is 1130 g/mol. The van der Waals surface area contributed by atoms with E-state index in [-0.39, 0.29) is 0 Å². The van der Waals surface area contributed by atoms with Crippen molar-refractivity contribution >= 4 is 136 Å². The minimum Gasteiger partial charge on any atom is -0.353 e. The number of aryl methyl sites for hydroxylation is 1. The first-order valence-electron chi connectivity index (χ1n) is 25.8. The minimum atomic E-state index is 0.434. The molecule has 0 atom stereocenters. The summed E-state index contributed by atoms with van der Waals surface area (Å²) in [5.74, 6) is 10.6. The van der Waals surface area contributed by atoms with Crippen molar-refractivity contribution in [3.8, 4) is 0 Å². The fourth-order valence-corrected chi connectivity index (χ4v) is 9.61. The third-order valence-electron chi connectivity index (χ3n) is 9.33. The lowest BCUT2D eigenvalue weighted by molar-refractivity contribution is 0.848. The van der Waals surface area contributed by atoms with Gasteiger partial charge in [0.2, 0.25) is 65.4 Å². The van der Waals surface area contributed by atoms with Gasteiger partial charge in [0.15, 0.2) is 30.9 Å². The third kappa shape index (κ3) is 23.3. The molecule has 36 heteroatoms. The first-order chi connectivity index (χ1) is 38.7. The van der Waals surface area contributed by atoms with Crippen molar-refractivity contribution in [1.29, 1.82) is 0 Å². The Morgan fingerprint density at radius 1 is 0.241 bits per heavy atom. The monoisotopic (exact) mass is 1200 g/mol. The van der Waals surface area contributed by atoms with E-state index in [1.165, 1.54) is 58.8 Å². The molecule has 0 fully saturated rings. The average molecular weight is 1200 g/mol. The topological polar surface area (TPSA) is 390 Å². The molecule has 0 saturated carbocycles. The molecule has 0 aliphatic carbocycles. The Morgan fingerprint density at radius 2 is 0.405 bits per heavy atom. The van der Waals surface area contributed by atoms with Crippen LogP contribution in [0.25, 0.3) is 0 Å². The van der Waals surface area contributed by atoms with Gasteiger partial charge in [-0.3, -0.25) is 0 Å². The second-order valence-electron chi connectivity index (χ2n) is 15.4. The second-order valence-corrected chi connectivity index (χ2v) is 22.8. The number of aromatic nitrogens is 18. The summed E-state index contributed by atoms with van der Waals surface area (Å²) in [6.07, 6.45) is 0. The number of hydrogen-bond donors (Lipinski definition) is 12. The van der Waals surface area contributed by atoms with E-state index in [4.69, 9.17) is 5.73 Å². The van der Waals surface area contributed by atoms with Crippen LogP contribution in [0.1, 0.15) is 47.4 Å². The van der Waals surface area contributed by atoms with Crippen LogP contribution in [0.2, 0.25) is 0 Å². The number of thioether (sulfide) groups is 6. The van der Waals surface area contributed by atoms with Crippen molar-refractivity contribution < 1.29 is 0 Å². The van der Waals surface area contributed by atoms with Crippen molar-refractivity contribution in [1.82, 2.24) is 89.7 Å². The Bertz CT molecular complexity index is 2750. The molecule has 6 heterocycles. The Hall–Kier alpha value is -6.08. The molecule has 0 spiro atoms. The summed E-state index contributed by atoms with van der Waals surface area (Å²) in [4.78, 5) is 82.0. The van der Waals surface area contributed by atoms with Crippen LogP contribution in [-0.2, 0) is 0 Å². The molecule has 0 bridgehead atoms. The van der Waals surface area contributed by atoms with Gasteiger partial charge in [-0.2, -0.15) is 84.7 Å². The highest BCUT2D eigenvalue weighted by Gasteiger charge is 2.13. The van der Waals surface area contributed by atoms with Crippen molar-refractivity contribution in [2.45, 2.75) is 79.4 Å². The van der Waals surface area contributed by atoms with Crippen LogP contribution >= 0.6 is 70.6 Å². The second kappa shape index (κ2) is 35.5. The fraction of sp³-hybridized carbons (Fsp3) is 0.581. The molecule has 30 nitrogen and oxygen atoms in total. The SMILES string of the molecule is CCSc1nc(C)nc(NCCNc2nc(NCCNc3nc(NCCNc4nc(NCCNc5nc(NCCNc6nc(NCCN)nc(SCC)n6)nc(SCC)n5)nc(SCC)n4)nc(SCC)n3)nc(SCC)n2)n1. The predicted octanol–water partition coefficient (Wildman–Crippen LogP) is 4.77. The summed E-state index contributed by atoms with van der Waals surface area (Å²) < 4.78 is 0. The van der Waals surface area contributed by atoms with E-state index in [1.54, 1.807) is 11.8 Å². The zero-order valence-corrected chi connectivity index (χ0v) is 50.2. The summed E-state index contributed by atoms with van der Waals surface area (Å²) in [5, 5.41) is 39.8. The quantitative estimate of drug-likeness (QED) is 0.0182. The van der Waals surface area contributed by atoms with E-state index in [0.29, 0.717) is 181 Å². The summed E-state index contributed by atoms with van der Waals surface area (Å²) in [5.41, 5.74) is 5.66. The lowest BCUT2D eigenvalue weighted by Gasteiger charge is -2.13. The van der Waals surface area contributed by atoms with Gasteiger partial charge in [0.05, 0.1) is 0 Å². The highest BCUT2D eigenvalue weighted by atomic mass is 32.2. The molecule has 6 rings (SSSR count). The van der Waals surface area contributed by atoms with E-state index in [0.717, 1.165) is 34.5 Å². The van der Waals surface area contributed by atoms with Gasteiger partial charge >= 0.3 is 0 Å². The van der Waals surface area contributed by atoms with Gasteiger partial charge in [0, 0.05) is 78.5 Å². The highest BCUT2D eigenvalue weighted by Crippen LogP contribution is 2.21. The van der Waals surface area contributed by atoms with E-state index < -0.39 is 0 Å². The normalized spacial score (nSPS) is 11.0. The van der Waals surface area contributed by atoms with Crippen molar-refractivity contribution in [2.75, 3.05) is 172 Å². The summed E-state index contributed by atoms with van der Waals surface area (Å²) >= 11 is 9.23. The lowest BCUT2D eigenvalue weighted by Crippen LogP contribution is -2.21. The van der Waals surface area contributed by atoms with Crippen LogP contribution in [0.5, 0.6) is 0 Å². The lowest BCUT2D eigenvalue weighted by atomic mass is 10.6. The number of nitrogens with two attached hydrogens (primary N) is 1. The van der Waals surface area contributed by atoms with Gasteiger partial charge in [-0.15, -0.1) is 0 Å². The van der Waals surface area contributed by atoms with Gasteiger partial charge in [-0.1, -0.05) is 112 Å². The predicted molar refractivity (Wildman–Crippen MR) is 325 cm³/mol. The molecule has 0 aliphatic heterocycles. The molecule has 428 valence electrons. The smallest absolute Gasteiger partial charge is 0.228 e. The fourth-order valence-electron chi connectivity index (χ4n) is 6.20. The number of hydrogen-bond acceptors (Lipinski definition) is 36. The Morgan fingerprint density at radius 3 is 0.582 bits per heavy atom. The van der Waals surface area contributed by atoms with Crippen molar-refractivity contribution in [3.05, 3.63) is 5.82 Å². The Balaban J connectivity index is 0.950. The van der Waals surface area contributed by atoms with Crippen LogP contribution in [0.3, 0.4) is 0 Å². The van der Waals surface area contributed by atoms with Crippen molar-refractivity contribution in [3.63, 3.8) is 0 Å². The first kappa shape index (κ1) is 62.1. The zero-order valence-electron chi connectivity index (χ0n) is 45.3. The summed E-state index contributed by atoms with van der Waals surface area (Å²) in [7, 11) is 0. The first-order valence-corrected chi connectivity index (χ1v) is 31.7. The van der Waals surface area contributed by atoms with E-state index in [9.17, 15) is 0 Å². The van der Waals surface area contributed by atoms with Crippen molar-refractivity contribution in [2.24, 2.45) is 5.73 Å². The van der Waals surface area contributed by atoms with Crippen LogP contribution < -0.4 is 64.2 Å². The average Bonchev–Trinajstić information content (AvgIpc) is 3.44. The molecule has 0 aromatic carbocycles.